The van der Waals surface area contributed by atoms with Crippen LogP contribution in [0.3, 0.4) is 0 Å². The third-order valence-electron chi connectivity index (χ3n) is 6.91. The standard InChI is InChI=1S/C23H29ClN8/c1-30(20-4-5-22(26-14-20)32-16-25-15-29-32)9-6-18-11-21(18)17-3-2-8-31(10-7-17)23-27-12-19(24)13-28-23/h4-5,12-18,21H,2-3,6-11H2,1H3. The monoisotopic (exact) mass is 452 g/mol. The van der Waals surface area contributed by atoms with Gasteiger partial charge in [0.05, 0.1) is 29.3 Å². The summed E-state index contributed by atoms with van der Waals surface area (Å²) in [4.78, 5) is 21.9. The Kier molecular flexibility index (Phi) is 6.21. The summed E-state index contributed by atoms with van der Waals surface area (Å²) in [5.74, 6) is 4.15. The van der Waals surface area contributed by atoms with Crippen LogP contribution < -0.4 is 9.80 Å². The smallest absolute Gasteiger partial charge is 0.225 e. The van der Waals surface area contributed by atoms with Crippen molar-refractivity contribution in [1.29, 1.82) is 0 Å². The van der Waals surface area contributed by atoms with Crippen LogP contribution in [0.25, 0.3) is 5.82 Å². The molecule has 1 saturated heterocycles. The van der Waals surface area contributed by atoms with Crippen molar-refractivity contribution in [2.75, 3.05) is 36.5 Å². The molecule has 1 aliphatic heterocycles. The van der Waals surface area contributed by atoms with Crippen molar-refractivity contribution in [3.63, 3.8) is 0 Å². The fraction of sp³-hybridized carbons (Fsp3) is 0.522. The van der Waals surface area contributed by atoms with Crippen LogP contribution in [-0.4, -0.2) is 56.4 Å². The van der Waals surface area contributed by atoms with Crippen molar-refractivity contribution in [3.05, 3.63) is 48.4 Å². The minimum atomic E-state index is 0.592. The predicted octanol–water partition coefficient (Wildman–Crippen LogP) is 3.87. The van der Waals surface area contributed by atoms with E-state index in [0.717, 1.165) is 54.8 Å². The fourth-order valence-electron chi connectivity index (χ4n) is 4.95. The average molecular weight is 453 g/mol. The summed E-state index contributed by atoms with van der Waals surface area (Å²) in [6, 6.07) is 4.09. The van der Waals surface area contributed by atoms with E-state index in [9.17, 15) is 0 Å². The Morgan fingerprint density at radius 2 is 1.97 bits per heavy atom. The van der Waals surface area contributed by atoms with Gasteiger partial charge in [-0.25, -0.2) is 24.6 Å². The third-order valence-corrected chi connectivity index (χ3v) is 7.10. The summed E-state index contributed by atoms with van der Waals surface area (Å²) >= 11 is 5.93. The number of hydrogen-bond acceptors (Lipinski definition) is 7. The Labute approximate surface area is 193 Å². The molecule has 2 fully saturated rings. The fourth-order valence-corrected chi connectivity index (χ4v) is 5.05. The maximum atomic E-state index is 5.93. The SMILES string of the molecule is CN(CCC1CC1C1CCCN(c2ncc(Cl)cn2)CC1)c1ccc(-n2cncn2)nc1. The lowest BCUT2D eigenvalue weighted by atomic mass is 9.93. The molecule has 0 N–H and O–H groups in total. The van der Waals surface area contributed by atoms with Gasteiger partial charge in [-0.05, 0) is 62.0 Å². The minimum absolute atomic E-state index is 0.592. The van der Waals surface area contributed by atoms with Crippen LogP contribution in [0.5, 0.6) is 0 Å². The topological polar surface area (TPSA) is 75.9 Å². The summed E-state index contributed by atoms with van der Waals surface area (Å²) in [7, 11) is 2.15. The second kappa shape index (κ2) is 9.40. The first-order chi connectivity index (χ1) is 15.7. The Balaban J connectivity index is 1.08. The number of rotatable bonds is 7. The molecule has 32 heavy (non-hydrogen) atoms. The first-order valence-electron chi connectivity index (χ1n) is 11.4. The average Bonchev–Trinajstić information content (AvgIpc) is 3.46. The molecule has 8 nitrogen and oxygen atoms in total. The third kappa shape index (κ3) is 4.85. The van der Waals surface area contributed by atoms with Crippen LogP contribution in [0.15, 0.2) is 43.4 Å². The molecule has 4 heterocycles. The molecule has 3 unspecified atom stereocenters. The van der Waals surface area contributed by atoms with E-state index in [1.54, 1.807) is 23.4 Å². The van der Waals surface area contributed by atoms with Crippen LogP contribution in [0, 0.1) is 17.8 Å². The zero-order valence-electron chi connectivity index (χ0n) is 18.4. The Hall–Kier alpha value is -2.74. The molecule has 1 saturated carbocycles. The molecule has 0 radical (unpaired) electrons. The van der Waals surface area contributed by atoms with Crippen LogP contribution in [0.2, 0.25) is 5.02 Å². The van der Waals surface area contributed by atoms with E-state index >= 15 is 0 Å². The molecule has 9 heteroatoms. The van der Waals surface area contributed by atoms with Crippen LogP contribution in [0.4, 0.5) is 11.6 Å². The predicted molar refractivity (Wildman–Crippen MR) is 125 cm³/mol. The summed E-state index contributed by atoms with van der Waals surface area (Å²) in [6.07, 6.45) is 14.9. The lowest BCUT2D eigenvalue weighted by Gasteiger charge is -2.21. The highest BCUT2D eigenvalue weighted by atomic mass is 35.5. The van der Waals surface area contributed by atoms with E-state index in [1.807, 2.05) is 12.3 Å². The number of anilines is 2. The van der Waals surface area contributed by atoms with Gasteiger partial charge in [0.15, 0.2) is 5.82 Å². The van der Waals surface area contributed by atoms with E-state index in [2.05, 4.69) is 47.9 Å². The van der Waals surface area contributed by atoms with Crippen molar-refractivity contribution in [1.82, 2.24) is 29.7 Å². The highest BCUT2D eigenvalue weighted by molar-refractivity contribution is 6.30. The first-order valence-corrected chi connectivity index (χ1v) is 11.8. The van der Waals surface area contributed by atoms with Gasteiger partial charge in [-0.15, -0.1) is 0 Å². The van der Waals surface area contributed by atoms with E-state index in [1.165, 1.54) is 38.4 Å². The Morgan fingerprint density at radius 3 is 2.72 bits per heavy atom. The molecular weight excluding hydrogens is 424 g/mol. The van der Waals surface area contributed by atoms with Crippen LogP contribution >= 0.6 is 11.6 Å². The van der Waals surface area contributed by atoms with Crippen molar-refractivity contribution in [2.45, 2.75) is 32.1 Å². The Morgan fingerprint density at radius 1 is 1.09 bits per heavy atom. The molecule has 3 aromatic rings. The normalized spacial score (nSPS) is 23.1. The summed E-state index contributed by atoms with van der Waals surface area (Å²) in [6.45, 7) is 3.14. The van der Waals surface area contributed by atoms with Crippen LogP contribution in [-0.2, 0) is 0 Å². The molecular formula is C23H29ClN8. The number of pyridine rings is 1. The summed E-state index contributed by atoms with van der Waals surface area (Å²) < 4.78 is 1.67. The van der Waals surface area contributed by atoms with Crippen molar-refractivity contribution in [3.8, 4) is 5.82 Å². The van der Waals surface area contributed by atoms with Gasteiger partial charge in [0.1, 0.15) is 12.7 Å². The van der Waals surface area contributed by atoms with E-state index in [0.29, 0.717) is 5.02 Å². The van der Waals surface area contributed by atoms with E-state index in [4.69, 9.17) is 11.6 Å². The highest BCUT2D eigenvalue weighted by Crippen LogP contribution is 2.50. The zero-order valence-corrected chi connectivity index (χ0v) is 19.1. The number of aromatic nitrogens is 6. The van der Waals surface area contributed by atoms with E-state index < -0.39 is 0 Å². The highest BCUT2D eigenvalue weighted by Gasteiger charge is 2.42. The van der Waals surface area contributed by atoms with Gasteiger partial charge in [0, 0.05) is 26.7 Å². The Bertz CT molecular complexity index is 992. The lowest BCUT2D eigenvalue weighted by molar-refractivity contribution is 0.391. The zero-order chi connectivity index (χ0) is 21.9. The van der Waals surface area contributed by atoms with Crippen LogP contribution in [0.1, 0.15) is 32.1 Å². The molecule has 168 valence electrons. The van der Waals surface area contributed by atoms with Gasteiger partial charge in [0.2, 0.25) is 5.95 Å². The van der Waals surface area contributed by atoms with Gasteiger partial charge in [-0.1, -0.05) is 11.6 Å². The first kappa shape index (κ1) is 21.1. The number of hydrogen-bond donors (Lipinski definition) is 0. The molecule has 3 atom stereocenters. The minimum Gasteiger partial charge on any atom is -0.373 e. The van der Waals surface area contributed by atoms with E-state index in [-0.39, 0.29) is 0 Å². The molecule has 0 aromatic carbocycles. The summed E-state index contributed by atoms with van der Waals surface area (Å²) in [5, 5.41) is 4.72. The molecule has 3 aromatic heterocycles. The largest absolute Gasteiger partial charge is 0.373 e. The van der Waals surface area contributed by atoms with Gasteiger partial charge >= 0.3 is 0 Å². The molecule has 0 amide bonds. The number of nitrogens with zero attached hydrogens (tertiary/aromatic N) is 8. The van der Waals surface area contributed by atoms with Gasteiger partial charge in [-0.3, -0.25) is 0 Å². The molecule has 0 bridgehead atoms. The van der Waals surface area contributed by atoms with Crippen molar-refractivity contribution >= 4 is 23.2 Å². The quantitative estimate of drug-likeness (QED) is 0.538. The molecule has 1 aliphatic carbocycles. The van der Waals surface area contributed by atoms with Crippen molar-refractivity contribution < 1.29 is 0 Å². The number of halogens is 1. The lowest BCUT2D eigenvalue weighted by Crippen LogP contribution is -2.26. The molecule has 2 aliphatic rings. The van der Waals surface area contributed by atoms with Crippen molar-refractivity contribution in [2.24, 2.45) is 17.8 Å². The molecule has 5 rings (SSSR count). The van der Waals surface area contributed by atoms with Gasteiger partial charge < -0.3 is 9.80 Å². The second-order valence-electron chi connectivity index (χ2n) is 8.96. The van der Waals surface area contributed by atoms with Gasteiger partial charge in [0.25, 0.3) is 0 Å². The summed E-state index contributed by atoms with van der Waals surface area (Å²) in [5.41, 5.74) is 1.14. The maximum Gasteiger partial charge on any atom is 0.225 e. The maximum absolute atomic E-state index is 5.93. The van der Waals surface area contributed by atoms with Gasteiger partial charge in [-0.2, -0.15) is 5.10 Å². The molecule has 0 spiro atoms. The second-order valence-corrected chi connectivity index (χ2v) is 9.40.